The van der Waals surface area contributed by atoms with E-state index in [0.29, 0.717) is 28.2 Å². The van der Waals surface area contributed by atoms with Gasteiger partial charge in [-0.15, -0.1) is 11.3 Å². The van der Waals surface area contributed by atoms with Gasteiger partial charge in [0.05, 0.1) is 35.3 Å². The molecule has 128 valence electrons. The number of thiophene rings is 1. The molecule has 2 aliphatic rings. The fraction of sp³-hybridized carbons (Fsp3) is 0.588. The van der Waals surface area contributed by atoms with Crippen LogP contribution in [0.25, 0.3) is 10.2 Å². The van der Waals surface area contributed by atoms with E-state index in [1.54, 1.807) is 7.05 Å². The van der Waals surface area contributed by atoms with Crippen LogP contribution in [0.3, 0.4) is 0 Å². The molecule has 4 rings (SSSR count). The van der Waals surface area contributed by atoms with E-state index in [9.17, 15) is 9.59 Å². The molecule has 0 radical (unpaired) electrons. The number of fused-ring (bicyclic) bond motifs is 2. The predicted octanol–water partition coefficient (Wildman–Crippen LogP) is 2.09. The van der Waals surface area contributed by atoms with E-state index < -0.39 is 0 Å². The molecule has 3 heterocycles. The Labute approximate surface area is 144 Å². The van der Waals surface area contributed by atoms with Crippen LogP contribution in [0.15, 0.2) is 11.1 Å². The van der Waals surface area contributed by atoms with Crippen LogP contribution in [0.5, 0.6) is 0 Å². The first-order chi connectivity index (χ1) is 11.6. The first-order valence-corrected chi connectivity index (χ1v) is 9.27. The molecule has 1 aliphatic carbocycles. The highest BCUT2D eigenvalue weighted by Crippen LogP contribution is 2.33. The summed E-state index contributed by atoms with van der Waals surface area (Å²) in [4.78, 5) is 33.1. The van der Waals surface area contributed by atoms with Gasteiger partial charge in [0.15, 0.2) is 0 Å². The molecule has 2 aromatic rings. The number of aromatic nitrogens is 2. The minimum atomic E-state index is -0.0923. The molecular formula is C17H21N3O3S. The van der Waals surface area contributed by atoms with Crippen molar-refractivity contribution in [3.63, 3.8) is 0 Å². The minimum absolute atomic E-state index is 0.0257. The van der Waals surface area contributed by atoms with E-state index in [1.165, 1.54) is 28.7 Å². The number of hydrogen-bond donors (Lipinski definition) is 0. The summed E-state index contributed by atoms with van der Waals surface area (Å²) < 4.78 is 7.33. The molecule has 0 bridgehead atoms. The number of rotatable bonds is 1. The second kappa shape index (κ2) is 5.97. The molecule has 1 saturated heterocycles. The van der Waals surface area contributed by atoms with Gasteiger partial charge in [0.1, 0.15) is 4.83 Å². The van der Waals surface area contributed by atoms with Crippen molar-refractivity contribution in [1.82, 2.24) is 14.5 Å². The molecule has 2 fully saturated rings. The summed E-state index contributed by atoms with van der Waals surface area (Å²) in [5.74, 6) is 0.0257. The van der Waals surface area contributed by atoms with Crippen LogP contribution in [0, 0.1) is 6.92 Å². The largest absolute Gasteiger partial charge is 0.374 e. The number of hydrogen-bond acceptors (Lipinski definition) is 5. The predicted molar refractivity (Wildman–Crippen MR) is 92.6 cm³/mol. The van der Waals surface area contributed by atoms with Gasteiger partial charge >= 0.3 is 0 Å². The lowest BCUT2D eigenvalue weighted by atomic mass is 9.90. The maximum absolute atomic E-state index is 13.2. The van der Waals surface area contributed by atoms with Crippen molar-refractivity contribution in [2.24, 2.45) is 7.05 Å². The standard InChI is InChI=1S/C17H21N3O3S/c1-10-13-15(18-9-19(2)16(13)21)24-14(10)17(22)20-7-8-23-12-6-4-3-5-11(12)20/h9,11-12H,3-8H2,1-2H3/t11-,12-/m0/s1. The molecule has 0 unspecified atom stereocenters. The average molecular weight is 347 g/mol. The molecule has 0 aromatic carbocycles. The molecule has 24 heavy (non-hydrogen) atoms. The lowest BCUT2D eigenvalue weighted by molar-refractivity contribution is -0.0751. The van der Waals surface area contributed by atoms with Crippen molar-refractivity contribution in [3.05, 3.63) is 27.1 Å². The van der Waals surface area contributed by atoms with E-state index in [4.69, 9.17) is 4.74 Å². The molecule has 2 atom stereocenters. The van der Waals surface area contributed by atoms with Gasteiger partial charge in [0, 0.05) is 13.6 Å². The highest BCUT2D eigenvalue weighted by molar-refractivity contribution is 7.20. The first kappa shape index (κ1) is 15.8. The summed E-state index contributed by atoms with van der Waals surface area (Å²) in [6.45, 7) is 3.07. The van der Waals surface area contributed by atoms with Crippen LogP contribution in [0.1, 0.15) is 40.9 Å². The zero-order valence-electron chi connectivity index (χ0n) is 13.9. The van der Waals surface area contributed by atoms with Gasteiger partial charge in [-0.3, -0.25) is 9.59 Å². The lowest BCUT2D eigenvalue weighted by Crippen LogP contribution is -2.54. The number of amides is 1. The van der Waals surface area contributed by atoms with E-state index in [2.05, 4.69) is 4.98 Å². The Morgan fingerprint density at radius 1 is 1.38 bits per heavy atom. The summed E-state index contributed by atoms with van der Waals surface area (Å²) in [5, 5.41) is 0.571. The molecule has 1 amide bonds. The van der Waals surface area contributed by atoms with Gasteiger partial charge < -0.3 is 14.2 Å². The first-order valence-electron chi connectivity index (χ1n) is 8.45. The molecule has 0 spiro atoms. The van der Waals surface area contributed by atoms with Crippen LogP contribution in [-0.2, 0) is 11.8 Å². The van der Waals surface area contributed by atoms with Crippen molar-refractivity contribution in [1.29, 1.82) is 0 Å². The highest BCUT2D eigenvalue weighted by atomic mass is 32.1. The van der Waals surface area contributed by atoms with Crippen LogP contribution >= 0.6 is 11.3 Å². The van der Waals surface area contributed by atoms with Crippen molar-refractivity contribution in [3.8, 4) is 0 Å². The Morgan fingerprint density at radius 3 is 3.00 bits per heavy atom. The fourth-order valence-electron chi connectivity index (χ4n) is 3.89. The average Bonchev–Trinajstić information content (AvgIpc) is 2.94. The minimum Gasteiger partial charge on any atom is -0.374 e. The molecule has 1 aliphatic heterocycles. The summed E-state index contributed by atoms with van der Waals surface area (Å²) in [7, 11) is 1.68. The Bertz CT molecular complexity index is 855. The van der Waals surface area contributed by atoms with E-state index >= 15 is 0 Å². The summed E-state index contributed by atoms with van der Waals surface area (Å²) in [5.41, 5.74) is 0.665. The van der Waals surface area contributed by atoms with Gasteiger partial charge in [0.2, 0.25) is 0 Å². The lowest BCUT2D eigenvalue weighted by Gasteiger charge is -2.43. The topological polar surface area (TPSA) is 64.4 Å². The number of morpholine rings is 1. The summed E-state index contributed by atoms with van der Waals surface area (Å²) >= 11 is 1.33. The summed E-state index contributed by atoms with van der Waals surface area (Å²) in [6.07, 6.45) is 6.02. The van der Waals surface area contributed by atoms with E-state index in [-0.39, 0.29) is 23.6 Å². The second-order valence-corrected chi connectivity index (χ2v) is 7.66. The SMILES string of the molecule is Cc1c(C(=O)N2CCO[C@H]3CCCC[C@@H]32)sc2ncn(C)c(=O)c12. The van der Waals surface area contributed by atoms with Crippen molar-refractivity contribution >= 4 is 27.5 Å². The molecule has 7 heteroatoms. The number of carbonyl (C=O) groups is 1. The molecule has 6 nitrogen and oxygen atoms in total. The smallest absolute Gasteiger partial charge is 0.264 e. The Hall–Kier alpha value is -1.73. The summed E-state index contributed by atoms with van der Waals surface area (Å²) in [6, 6.07) is 0.167. The number of aryl methyl sites for hydroxylation is 2. The Kier molecular flexibility index (Phi) is 3.92. The van der Waals surface area contributed by atoms with Gasteiger partial charge in [0.25, 0.3) is 11.5 Å². The van der Waals surface area contributed by atoms with Gasteiger partial charge in [-0.25, -0.2) is 4.98 Å². The normalized spacial score (nSPS) is 24.2. The van der Waals surface area contributed by atoms with Crippen LogP contribution in [-0.4, -0.2) is 45.7 Å². The maximum Gasteiger partial charge on any atom is 0.264 e. The third-order valence-electron chi connectivity index (χ3n) is 5.20. The zero-order valence-corrected chi connectivity index (χ0v) is 14.8. The molecule has 1 saturated carbocycles. The van der Waals surface area contributed by atoms with E-state index in [1.807, 2.05) is 11.8 Å². The highest BCUT2D eigenvalue weighted by Gasteiger charge is 2.38. The maximum atomic E-state index is 13.2. The Morgan fingerprint density at radius 2 is 2.17 bits per heavy atom. The number of nitrogens with zero attached hydrogens (tertiary/aromatic N) is 3. The van der Waals surface area contributed by atoms with Crippen molar-refractivity contribution in [2.45, 2.75) is 44.8 Å². The van der Waals surface area contributed by atoms with Gasteiger partial charge in [-0.1, -0.05) is 12.8 Å². The number of carbonyl (C=O) groups excluding carboxylic acids is 1. The van der Waals surface area contributed by atoms with Crippen LogP contribution in [0.2, 0.25) is 0 Å². The third-order valence-corrected chi connectivity index (χ3v) is 6.39. The third kappa shape index (κ3) is 2.38. The number of ether oxygens (including phenoxy) is 1. The van der Waals surface area contributed by atoms with Crippen LogP contribution < -0.4 is 5.56 Å². The molecule has 2 aromatic heterocycles. The Balaban J connectivity index is 1.74. The monoisotopic (exact) mass is 347 g/mol. The van der Waals surface area contributed by atoms with Crippen molar-refractivity contribution < 1.29 is 9.53 Å². The fourth-order valence-corrected chi connectivity index (χ4v) is 4.99. The van der Waals surface area contributed by atoms with Crippen molar-refractivity contribution in [2.75, 3.05) is 13.2 Å². The van der Waals surface area contributed by atoms with Crippen LogP contribution in [0.4, 0.5) is 0 Å². The second-order valence-electron chi connectivity index (χ2n) is 6.66. The zero-order chi connectivity index (χ0) is 16.8. The van der Waals surface area contributed by atoms with Gasteiger partial charge in [-0.05, 0) is 25.3 Å². The molecule has 0 N–H and O–H groups in total. The van der Waals surface area contributed by atoms with Gasteiger partial charge in [-0.2, -0.15) is 0 Å². The quantitative estimate of drug-likeness (QED) is 0.792. The molecular weight excluding hydrogens is 326 g/mol. The van der Waals surface area contributed by atoms with E-state index in [0.717, 1.165) is 24.8 Å².